The average Bonchev–Trinajstić information content (AvgIpc) is 3.20. The maximum Gasteiger partial charge on any atom is 0.203 e. The van der Waals surface area contributed by atoms with Gasteiger partial charge in [0.1, 0.15) is 11.6 Å². The second kappa shape index (κ2) is 8.28. The topological polar surface area (TPSA) is 69.9 Å². The predicted octanol–water partition coefficient (Wildman–Crippen LogP) is 4.17. The maximum absolute atomic E-state index is 13.6. The van der Waals surface area contributed by atoms with E-state index in [1.54, 1.807) is 38.1 Å². The van der Waals surface area contributed by atoms with Gasteiger partial charge in [0.15, 0.2) is 17.1 Å². The van der Waals surface area contributed by atoms with Crippen molar-refractivity contribution < 1.29 is 18.6 Å². The van der Waals surface area contributed by atoms with Crippen LogP contribution in [0.2, 0.25) is 0 Å². The number of nitrogens with zero attached hydrogens (tertiary/aromatic N) is 3. The summed E-state index contributed by atoms with van der Waals surface area (Å²) in [7, 11) is 4.73. The Morgan fingerprint density at radius 1 is 0.967 bits per heavy atom. The lowest BCUT2D eigenvalue weighted by molar-refractivity contribution is 0.324. The van der Waals surface area contributed by atoms with Gasteiger partial charge in [-0.2, -0.15) is 0 Å². The van der Waals surface area contributed by atoms with E-state index in [1.807, 2.05) is 30.3 Å². The van der Waals surface area contributed by atoms with Crippen molar-refractivity contribution >= 4 is 11.5 Å². The van der Waals surface area contributed by atoms with E-state index in [0.29, 0.717) is 46.5 Å². The van der Waals surface area contributed by atoms with Crippen molar-refractivity contribution in [3.8, 4) is 28.5 Å². The number of imidazole rings is 1. The third-order valence-corrected chi connectivity index (χ3v) is 4.68. The van der Waals surface area contributed by atoms with Gasteiger partial charge in [-0.3, -0.25) is 0 Å². The van der Waals surface area contributed by atoms with Crippen molar-refractivity contribution in [1.82, 2.24) is 14.6 Å². The molecule has 154 valence electrons. The quantitative estimate of drug-likeness (QED) is 0.495. The molecule has 2 heterocycles. The Morgan fingerprint density at radius 3 is 2.40 bits per heavy atom. The SMILES string of the molecule is COc1cc(CNc2ccc3ncc(-c4cccc(F)c4)n3n2)cc(OC)c1OC. The average molecular weight is 408 g/mol. The van der Waals surface area contributed by atoms with Gasteiger partial charge in [0.2, 0.25) is 5.75 Å². The number of nitrogens with one attached hydrogen (secondary N) is 1. The first-order valence-corrected chi connectivity index (χ1v) is 9.26. The normalized spacial score (nSPS) is 10.8. The van der Waals surface area contributed by atoms with E-state index in [1.165, 1.54) is 12.1 Å². The number of benzene rings is 2. The second-order valence-corrected chi connectivity index (χ2v) is 6.53. The Bertz CT molecular complexity index is 1170. The highest BCUT2D eigenvalue weighted by atomic mass is 19.1. The van der Waals surface area contributed by atoms with Crippen LogP contribution in [0.5, 0.6) is 17.2 Å². The second-order valence-electron chi connectivity index (χ2n) is 6.53. The Balaban J connectivity index is 1.61. The molecule has 0 aliphatic carbocycles. The predicted molar refractivity (Wildman–Crippen MR) is 112 cm³/mol. The summed E-state index contributed by atoms with van der Waals surface area (Å²) >= 11 is 0. The number of anilines is 1. The zero-order chi connectivity index (χ0) is 21.1. The lowest BCUT2D eigenvalue weighted by Crippen LogP contribution is -2.06. The smallest absolute Gasteiger partial charge is 0.203 e. The third kappa shape index (κ3) is 3.71. The highest BCUT2D eigenvalue weighted by Gasteiger charge is 2.13. The van der Waals surface area contributed by atoms with Crippen molar-refractivity contribution in [3.05, 3.63) is 66.1 Å². The summed E-state index contributed by atoms with van der Waals surface area (Å²) in [6.07, 6.45) is 1.68. The summed E-state index contributed by atoms with van der Waals surface area (Å²) in [4.78, 5) is 4.35. The first-order valence-electron chi connectivity index (χ1n) is 9.26. The Labute approximate surface area is 173 Å². The first-order chi connectivity index (χ1) is 14.6. The van der Waals surface area contributed by atoms with Crippen LogP contribution in [0.15, 0.2) is 54.7 Å². The lowest BCUT2D eigenvalue weighted by Gasteiger charge is -2.14. The molecule has 0 fully saturated rings. The Kier molecular flexibility index (Phi) is 5.38. The van der Waals surface area contributed by atoms with Gasteiger partial charge in [-0.1, -0.05) is 12.1 Å². The number of hydrogen-bond acceptors (Lipinski definition) is 6. The van der Waals surface area contributed by atoms with E-state index in [4.69, 9.17) is 14.2 Å². The molecule has 1 N–H and O–H groups in total. The fraction of sp³-hybridized carbons (Fsp3) is 0.182. The van der Waals surface area contributed by atoms with Crippen LogP contribution in [0.3, 0.4) is 0 Å². The molecule has 0 amide bonds. The van der Waals surface area contributed by atoms with Crippen molar-refractivity contribution in [2.45, 2.75) is 6.54 Å². The van der Waals surface area contributed by atoms with Gasteiger partial charge in [-0.05, 0) is 42.0 Å². The maximum atomic E-state index is 13.6. The molecule has 2 aromatic carbocycles. The number of aromatic nitrogens is 3. The Morgan fingerprint density at radius 2 is 1.73 bits per heavy atom. The van der Waals surface area contributed by atoms with E-state index in [0.717, 1.165) is 5.56 Å². The number of hydrogen-bond donors (Lipinski definition) is 1. The molecule has 4 rings (SSSR count). The van der Waals surface area contributed by atoms with E-state index < -0.39 is 0 Å². The summed E-state index contributed by atoms with van der Waals surface area (Å²) in [5.74, 6) is 2.05. The zero-order valence-corrected chi connectivity index (χ0v) is 16.8. The van der Waals surface area contributed by atoms with Crippen molar-refractivity contribution in [3.63, 3.8) is 0 Å². The van der Waals surface area contributed by atoms with Crippen LogP contribution in [-0.2, 0) is 6.54 Å². The summed E-state index contributed by atoms with van der Waals surface area (Å²) in [6.45, 7) is 0.485. The molecule has 0 saturated carbocycles. The van der Waals surface area contributed by atoms with E-state index in [9.17, 15) is 4.39 Å². The number of methoxy groups -OCH3 is 3. The third-order valence-electron chi connectivity index (χ3n) is 4.68. The van der Waals surface area contributed by atoms with Crippen molar-refractivity contribution in [2.24, 2.45) is 0 Å². The van der Waals surface area contributed by atoms with E-state index in [-0.39, 0.29) is 5.82 Å². The summed E-state index contributed by atoms with van der Waals surface area (Å²) in [6, 6.07) is 13.8. The molecule has 0 aliphatic heterocycles. The minimum absolute atomic E-state index is 0.306. The van der Waals surface area contributed by atoms with Crippen LogP contribution in [0.25, 0.3) is 16.9 Å². The fourth-order valence-electron chi connectivity index (χ4n) is 3.24. The van der Waals surface area contributed by atoms with Gasteiger partial charge >= 0.3 is 0 Å². The molecule has 7 nitrogen and oxygen atoms in total. The van der Waals surface area contributed by atoms with Gasteiger partial charge in [0, 0.05) is 12.1 Å². The molecule has 2 aromatic heterocycles. The molecule has 8 heteroatoms. The molecule has 0 unspecified atom stereocenters. The summed E-state index contributed by atoms with van der Waals surface area (Å²) in [5.41, 5.74) is 3.02. The van der Waals surface area contributed by atoms with E-state index >= 15 is 0 Å². The van der Waals surface area contributed by atoms with Crippen molar-refractivity contribution in [2.75, 3.05) is 26.6 Å². The van der Waals surface area contributed by atoms with Crippen LogP contribution in [0, 0.1) is 5.82 Å². The molecule has 0 saturated heterocycles. The molecule has 0 atom stereocenters. The van der Waals surface area contributed by atoms with Crippen LogP contribution in [0.4, 0.5) is 10.2 Å². The summed E-state index contributed by atoms with van der Waals surface area (Å²) < 4.78 is 31.5. The van der Waals surface area contributed by atoms with Gasteiger partial charge in [-0.15, -0.1) is 5.10 Å². The molecule has 4 aromatic rings. The van der Waals surface area contributed by atoms with Crippen LogP contribution >= 0.6 is 0 Å². The molecular formula is C22H21FN4O3. The van der Waals surface area contributed by atoms with Crippen LogP contribution in [0.1, 0.15) is 5.56 Å². The molecule has 0 bridgehead atoms. The molecule has 0 radical (unpaired) electrons. The first kappa shape index (κ1) is 19.5. The minimum atomic E-state index is -0.306. The lowest BCUT2D eigenvalue weighted by atomic mass is 10.1. The monoisotopic (exact) mass is 408 g/mol. The highest BCUT2D eigenvalue weighted by molar-refractivity contribution is 5.63. The Hall–Kier alpha value is -3.81. The molecule has 0 spiro atoms. The van der Waals surface area contributed by atoms with Gasteiger partial charge < -0.3 is 19.5 Å². The highest BCUT2D eigenvalue weighted by Crippen LogP contribution is 2.38. The zero-order valence-electron chi connectivity index (χ0n) is 16.8. The van der Waals surface area contributed by atoms with Gasteiger partial charge in [0.05, 0.1) is 33.2 Å². The largest absolute Gasteiger partial charge is 0.493 e. The minimum Gasteiger partial charge on any atom is -0.493 e. The number of rotatable bonds is 7. The van der Waals surface area contributed by atoms with E-state index in [2.05, 4.69) is 15.4 Å². The van der Waals surface area contributed by atoms with Crippen LogP contribution < -0.4 is 19.5 Å². The van der Waals surface area contributed by atoms with Crippen molar-refractivity contribution in [1.29, 1.82) is 0 Å². The van der Waals surface area contributed by atoms with Gasteiger partial charge in [-0.25, -0.2) is 13.9 Å². The summed E-state index contributed by atoms with van der Waals surface area (Å²) in [5, 5.41) is 7.90. The molecule has 30 heavy (non-hydrogen) atoms. The standard InChI is InChI=1S/C22H21FN4O3/c1-28-18-9-14(10-19(29-2)22(18)30-3)12-24-20-7-8-21-25-13-17(27(21)26-20)15-5-4-6-16(23)11-15/h4-11,13H,12H2,1-3H3,(H,24,26). The number of ether oxygens (including phenoxy) is 3. The van der Waals surface area contributed by atoms with Crippen LogP contribution in [-0.4, -0.2) is 35.9 Å². The number of halogens is 1. The van der Waals surface area contributed by atoms with Gasteiger partial charge in [0.25, 0.3) is 0 Å². The number of fused-ring (bicyclic) bond motifs is 1. The molecular weight excluding hydrogens is 387 g/mol. The molecule has 0 aliphatic rings. The fourth-order valence-corrected chi connectivity index (χ4v) is 3.24.